The number of piperidine rings is 1. The molecule has 28 heavy (non-hydrogen) atoms. The lowest BCUT2D eigenvalue weighted by atomic mass is 9.95. The van der Waals surface area contributed by atoms with Crippen molar-refractivity contribution in [1.29, 1.82) is 0 Å². The van der Waals surface area contributed by atoms with Gasteiger partial charge in [-0.1, -0.05) is 12.1 Å². The number of carbonyl (C=O) groups excluding carboxylic acids is 2. The molecule has 2 heterocycles. The van der Waals surface area contributed by atoms with Crippen LogP contribution >= 0.6 is 0 Å². The number of benzene rings is 1. The van der Waals surface area contributed by atoms with Crippen molar-refractivity contribution in [2.24, 2.45) is 5.92 Å². The van der Waals surface area contributed by atoms with Crippen molar-refractivity contribution in [1.82, 2.24) is 10.2 Å². The average molecular weight is 384 g/mol. The van der Waals surface area contributed by atoms with Crippen LogP contribution in [0.15, 0.2) is 40.8 Å². The maximum absolute atomic E-state index is 13.9. The summed E-state index contributed by atoms with van der Waals surface area (Å²) in [6, 6.07) is 10.4. The van der Waals surface area contributed by atoms with Crippen molar-refractivity contribution in [2.45, 2.75) is 44.6 Å². The summed E-state index contributed by atoms with van der Waals surface area (Å²) in [6.45, 7) is 1.25. The first-order valence-corrected chi connectivity index (χ1v) is 10.0. The van der Waals surface area contributed by atoms with E-state index in [0.717, 1.165) is 25.7 Å². The highest BCUT2D eigenvalue weighted by Gasteiger charge is 2.31. The van der Waals surface area contributed by atoms with Gasteiger partial charge in [-0.25, -0.2) is 4.39 Å². The number of furan rings is 1. The minimum atomic E-state index is -0.326. The third-order valence-corrected chi connectivity index (χ3v) is 5.53. The molecule has 1 saturated heterocycles. The van der Waals surface area contributed by atoms with Crippen molar-refractivity contribution in [3.63, 3.8) is 0 Å². The first-order chi connectivity index (χ1) is 13.6. The van der Waals surface area contributed by atoms with Gasteiger partial charge in [0.2, 0.25) is 11.8 Å². The standard InChI is InChI=1S/C22H25FN2O3/c23-19-4-2-1-3-18(19)20-9-7-17(28-20)8-10-21(26)25-13-11-15(12-14-25)22(27)24-16-5-6-16/h1-4,7,9,15-16H,5-6,8,10-14H2,(H,24,27). The van der Waals surface area contributed by atoms with Crippen LogP contribution in [0.1, 0.15) is 37.9 Å². The molecule has 0 radical (unpaired) electrons. The molecule has 1 aromatic heterocycles. The Morgan fingerprint density at radius 1 is 1.07 bits per heavy atom. The lowest BCUT2D eigenvalue weighted by Gasteiger charge is -2.31. The molecule has 148 valence electrons. The zero-order chi connectivity index (χ0) is 19.5. The molecule has 1 N–H and O–H groups in total. The molecule has 2 amide bonds. The van der Waals surface area contributed by atoms with Crippen molar-refractivity contribution >= 4 is 11.8 Å². The lowest BCUT2D eigenvalue weighted by molar-refractivity contribution is -0.135. The van der Waals surface area contributed by atoms with Crippen LogP contribution in [0.5, 0.6) is 0 Å². The van der Waals surface area contributed by atoms with Crippen LogP contribution in [0.4, 0.5) is 4.39 Å². The largest absolute Gasteiger partial charge is 0.461 e. The van der Waals surface area contributed by atoms with E-state index < -0.39 is 0 Å². The van der Waals surface area contributed by atoms with Gasteiger partial charge in [0, 0.05) is 37.9 Å². The van der Waals surface area contributed by atoms with Gasteiger partial charge < -0.3 is 14.6 Å². The molecule has 1 aliphatic heterocycles. The fraction of sp³-hybridized carbons (Fsp3) is 0.455. The molecule has 1 aliphatic carbocycles. The number of nitrogens with one attached hydrogen (secondary N) is 1. The van der Waals surface area contributed by atoms with Crippen LogP contribution in [0.2, 0.25) is 0 Å². The molecule has 5 nitrogen and oxygen atoms in total. The maximum atomic E-state index is 13.9. The maximum Gasteiger partial charge on any atom is 0.223 e. The zero-order valence-electron chi connectivity index (χ0n) is 15.8. The van der Waals surface area contributed by atoms with E-state index in [1.807, 2.05) is 4.90 Å². The molecule has 0 bridgehead atoms. The van der Waals surface area contributed by atoms with Crippen molar-refractivity contribution in [3.05, 3.63) is 48.0 Å². The Hall–Kier alpha value is -2.63. The summed E-state index contributed by atoms with van der Waals surface area (Å²) in [5.41, 5.74) is 0.423. The minimum absolute atomic E-state index is 0.0260. The molecule has 0 unspecified atom stereocenters. The second-order valence-electron chi connectivity index (χ2n) is 7.68. The van der Waals surface area contributed by atoms with Gasteiger partial charge in [-0.2, -0.15) is 0 Å². The van der Waals surface area contributed by atoms with Gasteiger partial charge in [0.05, 0.1) is 5.56 Å². The van der Waals surface area contributed by atoms with Crippen molar-refractivity contribution in [2.75, 3.05) is 13.1 Å². The van der Waals surface area contributed by atoms with E-state index in [1.165, 1.54) is 6.07 Å². The molecule has 1 aromatic carbocycles. The Morgan fingerprint density at radius 3 is 2.54 bits per heavy atom. The van der Waals surface area contributed by atoms with E-state index >= 15 is 0 Å². The van der Waals surface area contributed by atoms with E-state index in [0.29, 0.717) is 49.1 Å². The summed E-state index contributed by atoms with van der Waals surface area (Å²) < 4.78 is 19.6. The SMILES string of the molecule is O=C(NC1CC1)C1CCN(C(=O)CCc2ccc(-c3ccccc3F)o2)CC1. The Bertz CT molecular complexity index is 851. The van der Waals surface area contributed by atoms with Crippen LogP contribution in [-0.2, 0) is 16.0 Å². The fourth-order valence-electron chi connectivity index (χ4n) is 3.64. The van der Waals surface area contributed by atoms with Gasteiger partial charge in [0.25, 0.3) is 0 Å². The number of hydrogen-bond acceptors (Lipinski definition) is 3. The van der Waals surface area contributed by atoms with Gasteiger partial charge in [0.1, 0.15) is 17.3 Å². The first-order valence-electron chi connectivity index (χ1n) is 10.0. The predicted octanol–water partition coefficient (Wildman–Crippen LogP) is 3.54. The molecule has 0 spiro atoms. The van der Waals surface area contributed by atoms with Gasteiger partial charge in [-0.15, -0.1) is 0 Å². The van der Waals surface area contributed by atoms with E-state index in [2.05, 4.69) is 5.32 Å². The molecule has 1 saturated carbocycles. The van der Waals surface area contributed by atoms with E-state index in [-0.39, 0.29) is 23.5 Å². The minimum Gasteiger partial charge on any atom is -0.461 e. The van der Waals surface area contributed by atoms with Gasteiger partial charge >= 0.3 is 0 Å². The molecule has 2 aliphatic rings. The quantitative estimate of drug-likeness (QED) is 0.829. The number of carbonyl (C=O) groups is 2. The summed E-state index contributed by atoms with van der Waals surface area (Å²) in [5.74, 6) is 1.07. The predicted molar refractivity (Wildman–Crippen MR) is 103 cm³/mol. The van der Waals surface area contributed by atoms with E-state index in [9.17, 15) is 14.0 Å². The van der Waals surface area contributed by atoms with Gasteiger partial charge in [-0.05, 0) is 49.9 Å². The molecular weight excluding hydrogens is 359 g/mol. The molecule has 2 fully saturated rings. The smallest absolute Gasteiger partial charge is 0.223 e. The van der Waals surface area contributed by atoms with Crippen LogP contribution in [0.25, 0.3) is 11.3 Å². The van der Waals surface area contributed by atoms with Crippen molar-refractivity contribution in [3.8, 4) is 11.3 Å². The molecule has 2 aromatic rings. The second kappa shape index (κ2) is 8.17. The van der Waals surface area contributed by atoms with Crippen LogP contribution in [0, 0.1) is 11.7 Å². The summed E-state index contributed by atoms with van der Waals surface area (Å²) in [7, 11) is 0. The van der Waals surface area contributed by atoms with Gasteiger partial charge in [-0.3, -0.25) is 9.59 Å². The number of rotatable bonds is 6. The molecule has 4 rings (SSSR count). The normalized spacial score (nSPS) is 17.5. The summed E-state index contributed by atoms with van der Waals surface area (Å²) >= 11 is 0. The van der Waals surface area contributed by atoms with Crippen LogP contribution in [-0.4, -0.2) is 35.8 Å². The summed E-state index contributed by atoms with van der Waals surface area (Å²) in [4.78, 5) is 26.5. The average Bonchev–Trinajstić information content (AvgIpc) is 3.40. The highest BCUT2D eigenvalue weighted by Crippen LogP contribution is 2.26. The lowest BCUT2D eigenvalue weighted by Crippen LogP contribution is -2.43. The highest BCUT2D eigenvalue weighted by molar-refractivity contribution is 5.80. The second-order valence-corrected chi connectivity index (χ2v) is 7.68. The van der Waals surface area contributed by atoms with Crippen LogP contribution < -0.4 is 5.32 Å². The van der Waals surface area contributed by atoms with E-state index in [4.69, 9.17) is 4.42 Å². The topological polar surface area (TPSA) is 62.6 Å². The number of likely N-dealkylation sites (tertiary alicyclic amines) is 1. The Morgan fingerprint density at radius 2 is 1.82 bits per heavy atom. The number of nitrogens with zero attached hydrogens (tertiary/aromatic N) is 1. The zero-order valence-corrected chi connectivity index (χ0v) is 15.8. The fourth-order valence-corrected chi connectivity index (χ4v) is 3.64. The Labute approximate surface area is 163 Å². The number of aryl methyl sites for hydroxylation is 1. The first kappa shape index (κ1) is 18.7. The van der Waals surface area contributed by atoms with Crippen LogP contribution in [0.3, 0.4) is 0 Å². The molecule has 0 atom stereocenters. The highest BCUT2D eigenvalue weighted by atomic mass is 19.1. The molecular formula is C22H25FN2O3. The third kappa shape index (κ3) is 4.43. The summed E-state index contributed by atoms with van der Waals surface area (Å²) in [6.07, 6.45) is 4.46. The Balaban J connectivity index is 1.25. The molecule has 6 heteroatoms. The summed E-state index contributed by atoms with van der Waals surface area (Å²) in [5, 5.41) is 3.05. The Kier molecular flexibility index (Phi) is 5.46. The third-order valence-electron chi connectivity index (χ3n) is 5.53. The van der Waals surface area contributed by atoms with Crippen molar-refractivity contribution < 1.29 is 18.4 Å². The number of halogens is 1. The van der Waals surface area contributed by atoms with E-state index in [1.54, 1.807) is 30.3 Å². The number of amides is 2. The monoisotopic (exact) mass is 384 g/mol. The van der Waals surface area contributed by atoms with Gasteiger partial charge in [0.15, 0.2) is 0 Å². The number of hydrogen-bond donors (Lipinski definition) is 1.